The van der Waals surface area contributed by atoms with Crippen molar-refractivity contribution in [3.05, 3.63) is 39.1 Å². The Balaban J connectivity index is 1.46. The van der Waals surface area contributed by atoms with Crippen LogP contribution < -0.4 is 21.1 Å². The fourth-order valence-electron chi connectivity index (χ4n) is 3.66. The number of nitrogens with zero attached hydrogens (tertiary/aromatic N) is 4. The van der Waals surface area contributed by atoms with Crippen LogP contribution in [0.5, 0.6) is 0 Å². The van der Waals surface area contributed by atoms with Gasteiger partial charge in [0, 0.05) is 24.0 Å². The molecule has 1 fully saturated rings. The van der Waals surface area contributed by atoms with E-state index in [0.717, 1.165) is 24.3 Å². The van der Waals surface area contributed by atoms with Gasteiger partial charge in [0.1, 0.15) is 17.6 Å². The van der Waals surface area contributed by atoms with Crippen LogP contribution in [0, 0.1) is 5.92 Å². The summed E-state index contributed by atoms with van der Waals surface area (Å²) in [6.07, 6.45) is 3.09. The van der Waals surface area contributed by atoms with Crippen LogP contribution in [0.15, 0.2) is 28.6 Å². The number of carbonyl (C=O) groups is 2. The molecule has 170 valence electrons. The predicted molar refractivity (Wildman–Crippen MR) is 126 cm³/mol. The minimum Gasteiger partial charge on any atom is -0.354 e. The van der Waals surface area contributed by atoms with Gasteiger partial charge in [-0.05, 0) is 38.1 Å². The van der Waals surface area contributed by atoms with Crippen LogP contribution in [0.1, 0.15) is 31.6 Å². The number of amides is 2. The van der Waals surface area contributed by atoms with Crippen LogP contribution in [0.25, 0.3) is 10.3 Å². The molecule has 2 N–H and O–H groups in total. The van der Waals surface area contributed by atoms with Gasteiger partial charge in [0.15, 0.2) is 10.8 Å². The van der Waals surface area contributed by atoms with Gasteiger partial charge >= 0.3 is 0 Å². The number of anilines is 1. The Hall–Kier alpha value is -2.79. The first-order chi connectivity index (χ1) is 15.4. The summed E-state index contributed by atoms with van der Waals surface area (Å²) in [6, 6.07) is 3.98. The number of carbonyl (C=O) groups excluding carboxylic acids is 2. The molecule has 0 spiro atoms. The molecule has 1 aliphatic heterocycles. The smallest absolute Gasteiger partial charge is 0.273 e. The third kappa shape index (κ3) is 5.16. The Morgan fingerprint density at radius 2 is 2.19 bits per heavy atom. The van der Waals surface area contributed by atoms with Gasteiger partial charge in [0.2, 0.25) is 11.8 Å². The summed E-state index contributed by atoms with van der Waals surface area (Å²) in [5.41, 5.74) is 0.0927. The summed E-state index contributed by atoms with van der Waals surface area (Å²) in [5.74, 6) is -0.295. The minimum atomic E-state index is -0.281. The van der Waals surface area contributed by atoms with E-state index in [4.69, 9.17) is 0 Å². The third-order valence-corrected chi connectivity index (χ3v) is 7.19. The lowest BCUT2D eigenvalue weighted by molar-refractivity contribution is -0.125. The molecule has 1 aliphatic rings. The molecule has 9 nitrogen and oxygen atoms in total. The number of hydrogen-bond acceptors (Lipinski definition) is 8. The Kier molecular flexibility index (Phi) is 6.85. The van der Waals surface area contributed by atoms with E-state index in [1.165, 1.54) is 22.2 Å². The molecule has 0 saturated carbocycles. The number of aromatic nitrogens is 3. The van der Waals surface area contributed by atoms with Crippen molar-refractivity contribution in [1.29, 1.82) is 0 Å². The van der Waals surface area contributed by atoms with Gasteiger partial charge in [-0.2, -0.15) is 4.98 Å². The molecule has 0 aliphatic carbocycles. The van der Waals surface area contributed by atoms with E-state index in [-0.39, 0.29) is 35.9 Å². The average Bonchev–Trinajstić information content (AvgIpc) is 3.44. The lowest BCUT2D eigenvalue weighted by Gasteiger charge is -2.32. The zero-order valence-corrected chi connectivity index (χ0v) is 19.7. The maximum absolute atomic E-state index is 12.9. The van der Waals surface area contributed by atoms with Gasteiger partial charge in [-0.15, -0.1) is 11.3 Å². The van der Waals surface area contributed by atoms with Crippen molar-refractivity contribution in [1.82, 2.24) is 25.2 Å². The molecule has 1 atom stereocenters. The van der Waals surface area contributed by atoms with Crippen molar-refractivity contribution in [2.45, 2.75) is 45.8 Å². The first-order valence-electron chi connectivity index (χ1n) is 10.6. The molecule has 3 aromatic rings. The monoisotopic (exact) mass is 474 g/mol. The van der Waals surface area contributed by atoms with Gasteiger partial charge in [-0.1, -0.05) is 17.4 Å². The molecule has 4 heterocycles. The topological polar surface area (TPSA) is 109 Å². The van der Waals surface area contributed by atoms with E-state index >= 15 is 0 Å². The maximum Gasteiger partial charge on any atom is 0.273 e. The fraction of sp³-hybridized carbons (Fsp3) is 0.476. The second-order valence-electron chi connectivity index (χ2n) is 8.13. The van der Waals surface area contributed by atoms with Crippen LogP contribution in [0.3, 0.4) is 0 Å². The molecule has 0 aromatic carbocycles. The molecule has 4 rings (SSSR count). The van der Waals surface area contributed by atoms with Crippen molar-refractivity contribution in [2.75, 3.05) is 18.0 Å². The third-order valence-electron chi connectivity index (χ3n) is 5.22. The number of nitrogens with one attached hydrogen (secondary N) is 2. The molecule has 11 heteroatoms. The van der Waals surface area contributed by atoms with Crippen LogP contribution >= 0.6 is 22.7 Å². The number of hydrogen-bond donors (Lipinski definition) is 2. The van der Waals surface area contributed by atoms with Crippen LogP contribution in [0.2, 0.25) is 0 Å². The minimum absolute atomic E-state index is 0.0554. The van der Waals surface area contributed by atoms with E-state index in [2.05, 4.69) is 25.5 Å². The Morgan fingerprint density at radius 1 is 1.34 bits per heavy atom. The summed E-state index contributed by atoms with van der Waals surface area (Å²) in [6.45, 7) is 5.59. The summed E-state index contributed by atoms with van der Waals surface area (Å²) >= 11 is 2.83. The number of fused-ring (bicyclic) bond motifs is 1. The molecule has 1 saturated heterocycles. The lowest BCUT2D eigenvalue weighted by atomic mass is 9.97. The molecule has 0 bridgehead atoms. The molecule has 0 radical (unpaired) electrons. The second-order valence-corrected chi connectivity index (χ2v) is 10.1. The Labute approximate surface area is 193 Å². The van der Waals surface area contributed by atoms with E-state index in [0.29, 0.717) is 28.6 Å². The number of rotatable bonds is 7. The summed E-state index contributed by atoms with van der Waals surface area (Å²) in [7, 11) is 0. The highest BCUT2D eigenvalue weighted by Gasteiger charge is 2.28. The van der Waals surface area contributed by atoms with Gasteiger partial charge < -0.3 is 15.5 Å². The lowest BCUT2D eigenvalue weighted by Crippen LogP contribution is -2.44. The quantitative estimate of drug-likeness (QED) is 0.542. The number of thiophene rings is 1. The van der Waals surface area contributed by atoms with Crippen LogP contribution in [-0.4, -0.2) is 45.5 Å². The summed E-state index contributed by atoms with van der Waals surface area (Å²) in [4.78, 5) is 49.5. The fourth-order valence-corrected chi connectivity index (χ4v) is 5.31. The second kappa shape index (κ2) is 9.78. The van der Waals surface area contributed by atoms with Crippen molar-refractivity contribution >= 4 is 50.0 Å². The number of piperidine rings is 1. The first kappa shape index (κ1) is 22.4. The summed E-state index contributed by atoms with van der Waals surface area (Å²) in [5, 5.41) is 8.44. The van der Waals surface area contributed by atoms with Crippen LogP contribution in [-0.2, 0) is 22.7 Å². The molecular formula is C21H26N6O3S2. The van der Waals surface area contributed by atoms with Crippen molar-refractivity contribution < 1.29 is 9.59 Å². The van der Waals surface area contributed by atoms with Gasteiger partial charge in [0.05, 0.1) is 12.5 Å². The zero-order chi connectivity index (χ0) is 22.7. The van der Waals surface area contributed by atoms with Crippen LogP contribution in [0.4, 0.5) is 5.13 Å². The molecule has 1 unspecified atom stereocenters. The van der Waals surface area contributed by atoms with Gasteiger partial charge in [-0.3, -0.25) is 19.0 Å². The average molecular weight is 475 g/mol. The van der Waals surface area contributed by atoms with Gasteiger partial charge in [0.25, 0.3) is 5.56 Å². The Morgan fingerprint density at radius 3 is 2.94 bits per heavy atom. The van der Waals surface area contributed by atoms with E-state index < -0.39 is 0 Å². The number of thiazole rings is 1. The first-order valence-corrected chi connectivity index (χ1v) is 12.3. The normalized spacial score (nSPS) is 16.5. The predicted octanol–water partition coefficient (Wildman–Crippen LogP) is 1.97. The highest BCUT2D eigenvalue weighted by atomic mass is 32.1. The molecular weight excluding hydrogens is 448 g/mol. The van der Waals surface area contributed by atoms with E-state index in [1.807, 2.05) is 31.4 Å². The van der Waals surface area contributed by atoms with Gasteiger partial charge in [-0.25, -0.2) is 4.98 Å². The highest BCUT2D eigenvalue weighted by molar-refractivity contribution is 7.22. The van der Waals surface area contributed by atoms with E-state index in [1.54, 1.807) is 11.3 Å². The summed E-state index contributed by atoms with van der Waals surface area (Å²) < 4.78 is 1.73. The zero-order valence-electron chi connectivity index (χ0n) is 18.0. The van der Waals surface area contributed by atoms with Crippen molar-refractivity contribution in [3.63, 3.8) is 0 Å². The molecule has 3 aromatic heterocycles. The Bertz CT molecular complexity index is 1150. The van der Waals surface area contributed by atoms with Crippen molar-refractivity contribution in [3.8, 4) is 0 Å². The maximum atomic E-state index is 12.9. The van der Waals surface area contributed by atoms with Crippen molar-refractivity contribution in [2.24, 2.45) is 5.92 Å². The molecule has 2 amide bonds. The van der Waals surface area contributed by atoms with E-state index in [9.17, 15) is 14.4 Å². The highest BCUT2D eigenvalue weighted by Crippen LogP contribution is 2.29. The molecule has 32 heavy (non-hydrogen) atoms. The standard InChI is InChI=1S/C21H26N6O3S2/c1-13(2)24-19(29)14-5-3-7-26(10-14)21-25-18-17(32-21)20(30)27(12-23-18)11-16(28)22-9-15-6-4-8-31-15/h4,6,8,12-14H,3,5,7,9-11H2,1-2H3,(H,22,28)(H,24,29). The SMILES string of the molecule is CC(C)NC(=O)C1CCCN(c2nc3ncn(CC(=O)NCc4cccs4)c(=O)c3s2)C1. The largest absolute Gasteiger partial charge is 0.354 e.